The minimum atomic E-state index is -2.94. The second kappa shape index (κ2) is 8.63. The first kappa shape index (κ1) is 23.0. The van der Waals surface area contributed by atoms with Gasteiger partial charge >= 0.3 is 0 Å². The summed E-state index contributed by atoms with van der Waals surface area (Å²) in [5.41, 5.74) is 0.818. The Balaban J connectivity index is 1.82. The summed E-state index contributed by atoms with van der Waals surface area (Å²) in [6, 6.07) is 5.89. The highest BCUT2D eigenvalue weighted by Gasteiger charge is 2.28. The lowest BCUT2D eigenvalue weighted by Gasteiger charge is -2.20. The second-order valence-electron chi connectivity index (χ2n) is 9.54. The molecule has 0 saturated heterocycles. The van der Waals surface area contributed by atoms with Gasteiger partial charge in [0.1, 0.15) is 11.6 Å². The molecular weight excluding hydrogens is 440 g/mol. The summed E-state index contributed by atoms with van der Waals surface area (Å²) < 4.78 is 73.1. The van der Waals surface area contributed by atoms with Crippen LogP contribution in [0.2, 0.25) is 0 Å². The summed E-state index contributed by atoms with van der Waals surface area (Å²) in [7, 11) is -1.14. The average Bonchev–Trinajstić information content (AvgIpc) is 3.50. The molecule has 0 radical (unpaired) electrons. The van der Waals surface area contributed by atoms with Gasteiger partial charge in [0.05, 0.1) is 11.0 Å². The number of hydrogen-bond donors (Lipinski definition) is 1. The predicted molar refractivity (Wildman–Crippen MR) is 120 cm³/mol. The lowest BCUT2D eigenvalue weighted by atomic mass is 9.96. The smallest absolute Gasteiger partial charge is 0.264 e. The third-order valence-corrected chi connectivity index (χ3v) is 6.97. The second-order valence-corrected chi connectivity index (χ2v) is 11.1. The molecule has 3 nitrogen and oxygen atoms in total. The molecule has 2 aromatic carbocycles. The SMILES string of the molecule is CC(C)(C)Cn1cc(CNS(=O)C2CC2)c2cc(F)c(-c3ccc(F)cc3C(F)F)cc21. The molecule has 172 valence electrons. The van der Waals surface area contributed by atoms with Crippen LogP contribution in [0, 0.1) is 17.0 Å². The molecule has 8 heteroatoms. The molecule has 1 aromatic heterocycles. The molecule has 1 fully saturated rings. The van der Waals surface area contributed by atoms with Gasteiger partial charge in [-0.15, -0.1) is 0 Å². The van der Waals surface area contributed by atoms with Gasteiger partial charge in [-0.3, -0.25) is 0 Å². The topological polar surface area (TPSA) is 34.0 Å². The van der Waals surface area contributed by atoms with Crippen LogP contribution < -0.4 is 4.72 Å². The van der Waals surface area contributed by atoms with E-state index in [1.54, 1.807) is 6.07 Å². The zero-order valence-electron chi connectivity index (χ0n) is 18.2. The van der Waals surface area contributed by atoms with Gasteiger partial charge in [0.15, 0.2) is 0 Å². The van der Waals surface area contributed by atoms with Crippen molar-refractivity contribution in [1.29, 1.82) is 0 Å². The fourth-order valence-corrected chi connectivity index (χ4v) is 4.98. The van der Waals surface area contributed by atoms with Crippen molar-refractivity contribution in [3.63, 3.8) is 0 Å². The van der Waals surface area contributed by atoms with Gasteiger partial charge in [0, 0.05) is 46.6 Å². The first-order chi connectivity index (χ1) is 15.0. The minimum absolute atomic E-state index is 0.00197. The van der Waals surface area contributed by atoms with Gasteiger partial charge in [-0.25, -0.2) is 26.5 Å². The van der Waals surface area contributed by atoms with Gasteiger partial charge in [-0.1, -0.05) is 26.8 Å². The van der Waals surface area contributed by atoms with Crippen LogP contribution in [0.3, 0.4) is 0 Å². The highest BCUT2D eigenvalue weighted by atomic mass is 32.2. The van der Waals surface area contributed by atoms with E-state index >= 15 is 4.39 Å². The molecule has 3 aromatic rings. The Hall–Kier alpha value is -2.19. The first-order valence-electron chi connectivity index (χ1n) is 10.6. The summed E-state index contributed by atoms with van der Waals surface area (Å²) in [5, 5.41) is 0.809. The zero-order valence-corrected chi connectivity index (χ0v) is 19.0. The summed E-state index contributed by atoms with van der Waals surface area (Å²) in [4.78, 5) is 0. The van der Waals surface area contributed by atoms with Crippen LogP contribution in [0.5, 0.6) is 0 Å². The van der Waals surface area contributed by atoms with E-state index in [0.29, 0.717) is 24.0 Å². The Bertz CT molecular complexity index is 1180. The van der Waals surface area contributed by atoms with E-state index < -0.39 is 34.6 Å². The van der Waals surface area contributed by atoms with Crippen molar-refractivity contribution in [1.82, 2.24) is 9.29 Å². The standard InChI is InChI=1S/C24H26F4N2OS/c1-24(2,3)13-30-12-14(11-29-32(31)16-5-6-16)18-9-21(26)19(10-22(18)30)17-7-4-15(25)8-20(17)23(27)28/h4,7-10,12,16,23,29H,5-6,11,13H2,1-3H3. The van der Waals surface area contributed by atoms with Crippen molar-refractivity contribution in [3.05, 3.63) is 59.3 Å². The van der Waals surface area contributed by atoms with Crippen molar-refractivity contribution >= 4 is 21.9 Å². The Morgan fingerprint density at radius 1 is 1.12 bits per heavy atom. The monoisotopic (exact) mass is 466 g/mol. The highest BCUT2D eigenvalue weighted by Crippen LogP contribution is 2.37. The van der Waals surface area contributed by atoms with E-state index in [1.807, 2.05) is 10.8 Å². The fourth-order valence-electron chi connectivity index (χ4n) is 3.88. The lowest BCUT2D eigenvalue weighted by Crippen LogP contribution is -2.19. The van der Waals surface area contributed by atoms with Crippen LogP contribution >= 0.6 is 0 Å². The molecular formula is C24H26F4N2OS. The van der Waals surface area contributed by atoms with Gasteiger partial charge in [0.2, 0.25) is 0 Å². The molecule has 0 aliphatic heterocycles. The summed E-state index contributed by atoms with van der Waals surface area (Å²) >= 11 is 0. The van der Waals surface area contributed by atoms with Crippen molar-refractivity contribution < 1.29 is 21.8 Å². The van der Waals surface area contributed by atoms with E-state index in [2.05, 4.69) is 25.5 Å². The first-order valence-corrected chi connectivity index (χ1v) is 11.8. The molecule has 1 heterocycles. The molecule has 1 atom stereocenters. The number of nitrogens with one attached hydrogen (secondary N) is 1. The van der Waals surface area contributed by atoms with Gasteiger partial charge in [-0.05, 0) is 53.6 Å². The number of fused-ring (bicyclic) bond motifs is 1. The number of hydrogen-bond acceptors (Lipinski definition) is 1. The number of benzene rings is 2. The van der Waals surface area contributed by atoms with Crippen molar-refractivity contribution in [2.45, 2.75) is 58.4 Å². The maximum Gasteiger partial charge on any atom is 0.264 e. The number of halogens is 4. The van der Waals surface area contributed by atoms with Crippen molar-refractivity contribution in [2.24, 2.45) is 5.41 Å². The fraction of sp³-hybridized carbons (Fsp3) is 0.417. The van der Waals surface area contributed by atoms with E-state index in [0.717, 1.165) is 30.5 Å². The average molecular weight is 467 g/mol. The largest absolute Gasteiger partial charge is 0.347 e. The van der Waals surface area contributed by atoms with E-state index in [4.69, 9.17) is 0 Å². The molecule has 32 heavy (non-hydrogen) atoms. The Kier molecular flexibility index (Phi) is 6.20. The minimum Gasteiger partial charge on any atom is -0.347 e. The quantitative estimate of drug-likeness (QED) is 0.397. The summed E-state index contributed by atoms with van der Waals surface area (Å²) in [6.45, 7) is 7.13. The van der Waals surface area contributed by atoms with E-state index in [9.17, 15) is 17.4 Å². The molecule has 0 spiro atoms. The lowest BCUT2D eigenvalue weighted by molar-refractivity contribution is 0.151. The molecule has 0 bridgehead atoms. The molecule has 1 unspecified atom stereocenters. The molecule has 1 N–H and O–H groups in total. The summed E-state index contributed by atoms with van der Waals surface area (Å²) in [5.74, 6) is -1.46. The molecule has 0 amide bonds. The molecule has 1 aliphatic carbocycles. The van der Waals surface area contributed by atoms with Crippen LogP contribution in [-0.2, 0) is 24.1 Å². The van der Waals surface area contributed by atoms with Crippen LogP contribution in [0.15, 0.2) is 36.5 Å². The number of rotatable bonds is 7. The van der Waals surface area contributed by atoms with Gasteiger partial charge in [0.25, 0.3) is 6.43 Å². The van der Waals surface area contributed by atoms with Crippen LogP contribution in [0.1, 0.15) is 51.2 Å². The molecule has 1 aliphatic rings. The third kappa shape index (κ3) is 4.91. The highest BCUT2D eigenvalue weighted by molar-refractivity contribution is 7.83. The predicted octanol–water partition coefficient (Wildman–Crippen LogP) is 6.49. The van der Waals surface area contributed by atoms with E-state index in [-0.39, 0.29) is 21.8 Å². The van der Waals surface area contributed by atoms with Gasteiger partial charge < -0.3 is 4.57 Å². The Morgan fingerprint density at radius 3 is 2.47 bits per heavy atom. The zero-order chi connectivity index (χ0) is 23.2. The third-order valence-electron chi connectivity index (χ3n) is 5.47. The molecule has 4 rings (SSSR count). The van der Waals surface area contributed by atoms with Crippen LogP contribution in [0.25, 0.3) is 22.0 Å². The number of nitrogens with zero attached hydrogens (tertiary/aromatic N) is 1. The van der Waals surface area contributed by atoms with Crippen molar-refractivity contribution in [2.75, 3.05) is 0 Å². The number of alkyl halides is 2. The van der Waals surface area contributed by atoms with E-state index in [1.165, 1.54) is 12.1 Å². The van der Waals surface area contributed by atoms with Crippen LogP contribution in [0.4, 0.5) is 17.6 Å². The normalized spacial score (nSPS) is 15.6. The maximum atomic E-state index is 15.2. The molecule has 1 saturated carbocycles. The Labute approximate surface area is 187 Å². The van der Waals surface area contributed by atoms with Crippen molar-refractivity contribution in [3.8, 4) is 11.1 Å². The maximum absolute atomic E-state index is 15.2. The summed E-state index contributed by atoms with van der Waals surface area (Å²) in [6.07, 6.45) is 0.838. The van der Waals surface area contributed by atoms with Crippen LogP contribution in [-0.4, -0.2) is 14.0 Å². The number of aromatic nitrogens is 1. The Morgan fingerprint density at radius 2 is 1.84 bits per heavy atom. The van der Waals surface area contributed by atoms with Gasteiger partial charge in [-0.2, -0.15) is 0 Å².